The molecule has 0 aromatic carbocycles. The quantitative estimate of drug-likeness (QED) is 0.693. The Kier molecular flexibility index (Phi) is 3.23. The van der Waals surface area contributed by atoms with E-state index in [2.05, 4.69) is 10.1 Å². The van der Waals surface area contributed by atoms with E-state index in [0.29, 0.717) is 23.3 Å². The number of rotatable bonds is 3. The van der Waals surface area contributed by atoms with Gasteiger partial charge in [0.15, 0.2) is 11.2 Å². The maximum absolute atomic E-state index is 12.6. The molecular formula is C14H17N5O3. The highest BCUT2D eigenvalue weighted by Crippen LogP contribution is 2.13. The molecular weight excluding hydrogens is 286 g/mol. The van der Waals surface area contributed by atoms with Crippen LogP contribution in [0.3, 0.4) is 0 Å². The van der Waals surface area contributed by atoms with Crippen molar-refractivity contribution >= 4 is 11.2 Å². The van der Waals surface area contributed by atoms with Gasteiger partial charge in [0.1, 0.15) is 5.76 Å². The zero-order valence-corrected chi connectivity index (χ0v) is 13.0. The summed E-state index contributed by atoms with van der Waals surface area (Å²) in [5.41, 5.74) is 1.82. The van der Waals surface area contributed by atoms with Gasteiger partial charge in [-0.25, -0.2) is 9.78 Å². The molecule has 0 radical (unpaired) electrons. The fourth-order valence-electron chi connectivity index (χ4n) is 2.68. The zero-order valence-electron chi connectivity index (χ0n) is 13.0. The fourth-order valence-corrected chi connectivity index (χ4v) is 2.68. The van der Waals surface area contributed by atoms with Gasteiger partial charge in [0, 0.05) is 26.2 Å². The lowest BCUT2D eigenvalue weighted by Crippen LogP contribution is -2.40. The average Bonchev–Trinajstić information content (AvgIpc) is 3.01. The summed E-state index contributed by atoms with van der Waals surface area (Å²) >= 11 is 0. The predicted molar refractivity (Wildman–Crippen MR) is 79.9 cm³/mol. The van der Waals surface area contributed by atoms with Crippen LogP contribution in [-0.2, 0) is 27.1 Å². The van der Waals surface area contributed by atoms with Gasteiger partial charge in [-0.05, 0) is 20.3 Å². The third kappa shape index (κ3) is 1.99. The minimum absolute atomic E-state index is 0.273. The molecule has 8 nitrogen and oxygen atoms in total. The first kappa shape index (κ1) is 14.3. The van der Waals surface area contributed by atoms with E-state index in [1.165, 1.54) is 15.5 Å². The van der Waals surface area contributed by atoms with Crippen molar-refractivity contribution in [2.24, 2.45) is 14.1 Å². The van der Waals surface area contributed by atoms with E-state index in [1.54, 1.807) is 18.7 Å². The maximum Gasteiger partial charge on any atom is 0.332 e. The molecule has 3 aromatic rings. The Morgan fingerprint density at radius 1 is 1.23 bits per heavy atom. The number of fused-ring (bicyclic) bond motifs is 1. The number of nitrogens with zero attached hydrogens (tertiary/aromatic N) is 5. The highest BCUT2D eigenvalue weighted by molar-refractivity contribution is 5.69. The van der Waals surface area contributed by atoms with Crippen LogP contribution in [0.25, 0.3) is 11.2 Å². The van der Waals surface area contributed by atoms with Crippen molar-refractivity contribution in [3.63, 3.8) is 0 Å². The Labute approximate surface area is 125 Å². The SMILES string of the molecule is Cc1noc(C)c1CCn1c(=O)c2c(ncn2C)n(C)c1=O. The molecule has 22 heavy (non-hydrogen) atoms. The van der Waals surface area contributed by atoms with Crippen LogP contribution < -0.4 is 11.2 Å². The van der Waals surface area contributed by atoms with Crippen LogP contribution in [0.15, 0.2) is 20.4 Å². The molecule has 0 aliphatic carbocycles. The van der Waals surface area contributed by atoms with E-state index in [1.807, 2.05) is 13.8 Å². The van der Waals surface area contributed by atoms with Crippen molar-refractivity contribution < 1.29 is 4.52 Å². The van der Waals surface area contributed by atoms with Crippen molar-refractivity contribution in [2.75, 3.05) is 0 Å². The molecule has 0 N–H and O–H groups in total. The van der Waals surface area contributed by atoms with Crippen molar-refractivity contribution in [1.29, 1.82) is 0 Å². The molecule has 0 aliphatic heterocycles. The summed E-state index contributed by atoms with van der Waals surface area (Å²) in [5, 5.41) is 3.89. The van der Waals surface area contributed by atoms with Crippen LogP contribution >= 0.6 is 0 Å². The lowest BCUT2D eigenvalue weighted by Gasteiger charge is -2.08. The van der Waals surface area contributed by atoms with Crippen LogP contribution in [0, 0.1) is 13.8 Å². The van der Waals surface area contributed by atoms with Crippen molar-refractivity contribution in [2.45, 2.75) is 26.8 Å². The first-order chi connectivity index (χ1) is 10.4. The molecule has 8 heteroatoms. The van der Waals surface area contributed by atoms with E-state index < -0.39 is 0 Å². The second-order valence-corrected chi connectivity index (χ2v) is 5.38. The molecule has 0 saturated heterocycles. The Morgan fingerprint density at radius 2 is 1.95 bits per heavy atom. The van der Waals surface area contributed by atoms with E-state index in [9.17, 15) is 9.59 Å². The average molecular weight is 303 g/mol. The number of hydrogen-bond donors (Lipinski definition) is 0. The Balaban J connectivity index is 2.10. The van der Waals surface area contributed by atoms with E-state index in [-0.39, 0.29) is 17.8 Å². The summed E-state index contributed by atoms with van der Waals surface area (Å²) in [6.07, 6.45) is 2.05. The molecule has 116 valence electrons. The lowest BCUT2D eigenvalue weighted by atomic mass is 10.1. The number of aromatic nitrogens is 5. The molecule has 0 amide bonds. The summed E-state index contributed by atoms with van der Waals surface area (Å²) < 4.78 is 9.36. The smallest absolute Gasteiger partial charge is 0.332 e. The topological polar surface area (TPSA) is 87.8 Å². The molecule has 0 aliphatic rings. The zero-order chi connectivity index (χ0) is 16.0. The first-order valence-corrected chi connectivity index (χ1v) is 6.94. The highest BCUT2D eigenvalue weighted by Gasteiger charge is 2.16. The summed E-state index contributed by atoms with van der Waals surface area (Å²) in [6, 6.07) is 0. The molecule has 0 saturated carbocycles. The molecule has 3 heterocycles. The molecule has 3 aromatic heterocycles. The third-order valence-electron chi connectivity index (χ3n) is 3.97. The van der Waals surface area contributed by atoms with Gasteiger partial charge in [0.2, 0.25) is 0 Å². The Morgan fingerprint density at radius 3 is 2.59 bits per heavy atom. The number of aryl methyl sites for hydroxylation is 4. The summed E-state index contributed by atoms with van der Waals surface area (Å²) in [4.78, 5) is 29.0. The van der Waals surface area contributed by atoms with Gasteiger partial charge in [0.05, 0.1) is 12.0 Å². The summed E-state index contributed by atoms with van der Waals surface area (Å²) in [7, 11) is 3.35. The maximum atomic E-state index is 12.6. The predicted octanol–water partition coefficient (Wildman–Crippen LogP) is 0.281. The van der Waals surface area contributed by atoms with Gasteiger partial charge in [-0.15, -0.1) is 0 Å². The van der Waals surface area contributed by atoms with Crippen LogP contribution in [0.2, 0.25) is 0 Å². The third-order valence-corrected chi connectivity index (χ3v) is 3.97. The minimum Gasteiger partial charge on any atom is -0.361 e. The standard InChI is InChI=1S/C14H17N5O3/c1-8-10(9(2)22-16-8)5-6-19-13(20)11-12(15-7-17(11)3)18(4)14(19)21/h7H,5-6H2,1-4H3. The number of imidazole rings is 1. The minimum atomic E-state index is -0.372. The largest absolute Gasteiger partial charge is 0.361 e. The molecule has 0 bridgehead atoms. The van der Waals surface area contributed by atoms with Gasteiger partial charge in [-0.3, -0.25) is 13.9 Å². The number of hydrogen-bond acceptors (Lipinski definition) is 5. The fraction of sp³-hybridized carbons (Fsp3) is 0.429. The second kappa shape index (κ2) is 4.97. The van der Waals surface area contributed by atoms with E-state index >= 15 is 0 Å². The second-order valence-electron chi connectivity index (χ2n) is 5.38. The van der Waals surface area contributed by atoms with Crippen LogP contribution in [0.5, 0.6) is 0 Å². The monoisotopic (exact) mass is 303 g/mol. The molecule has 0 atom stereocenters. The first-order valence-electron chi connectivity index (χ1n) is 6.94. The van der Waals surface area contributed by atoms with Crippen LogP contribution in [0.4, 0.5) is 0 Å². The van der Waals surface area contributed by atoms with Gasteiger partial charge >= 0.3 is 5.69 Å². The summed E-state index contributed by atoms with van der Waals surface area (Å²) in [5.74, 6) is 0.712. The van der Waals surface area contributed by atoms with Gasteiger partial charge in [0.25, 0.3) is 5.56 Å². The van der Waals surface area contributed by atoms with Gasteiger partial charge < -0.3 is 9.09 Å². The van der Waals surface area contributed by atoms with Crippen LogP contribution in [0.1, 0.15) is 17.0 Å². The van der Waals surface area contributed by atoms with E-state index in [4.69, 9.17) is 4.52 Å². The van der Waals surface area contributed by atoms with Crippen molar-refractivity contribution in [1.82, 2.24) is 23.8 Å². The highest BCUT2D eigenvalue weighted by atomic mass is 16.5. The molecule has 0 spiro atoms. The summed E-state index contributed by atoms with van der Waals surface area (Å²) in [6.45, 7) is 3.94. The van der Waals surface area contributed by atoms with E-state index in [0.717, 1.165) is 11.3 Å². The normalized spacial score (nSPS) is 11.5. The van der Waals surface area contributed by atoms with Crippen LogP contribution in [-0.4, -0.2) is 23.8 Å². The van der Waals surface area contributed by atoms with Crippen molar-refractivity contribution in [3.8, 4) is 0 Å². The van der Waals surface area contributed by atoms with Crippen molar-refractivity contribution in [3.05, 3.63) is 44.2 Å². The van der Waals surface area contributed by atoms with Gasteiger partial charge in [-0.1, -0.05) is 5.16 Å². The Bertz CT molecular complexity index is 953. The van der Waals surface area contributed by atoms with Gasteiger partial charge in [-0.2, -0.15) is 0 Å². The molecule has 3 rings (SSSR count). The lowest BCUT2D eigenvalue weighted by molar-refractivity contribution is 0.392. The Hall–Kier alpha value is -2.64. The molecule has 0 unspecified atom stereocenters. The molecule has 0 fully saturated rings.